The molecule has 3 N–H and O–H groups in total. The van der Waals surface area contributed by atoms with Crippen molar-refractivity contribution in [1.82, 2.24) is 20.2 Å². The third-order valence-electron chi connectivity index (χ3n) is 5.34. The maximum atomic E-state index is 12.0. The fraction of sp³-hybridized carbons (Fsp3) is 0.417. The number of nitrogens with one attached hydrogen (secondary N) is 3. The van der Waals surface area contributed by atoms with Gasteiger partial charge in [0, 0.05) is 49.0 Å². The van der Waals surface area contributed by atoms with Crippen molar-refractivity contribution in [3.63, 3.8) is 0 Å². The van der Waals surface area contributed by atoms with Crippen LogP contribution in [-0.4, -0.2) is 60.0 Å². The molecule has 1 aliphatic carbocycles. The summed E-state index contributed by atoms with van der Waals surface area (Å²) in [5.74, 6) is 2.63. The normalized spacial score (nSPS) is 12.9. The summed E-state index contributed by atoms with van der Waals surface area (Å²) in [6.45, 7) is 5.50. The zero-order valence-electron chi connectivity index (χ0n) is 20.4. The Bertz CT molecular complexity index is 1150. The average molecular weight is 498 g/mol. The molecule has 1 aromatic carbocycles. The van der Waals surface area contributed by atoms with Crippen LogP contribution in [0, 0.1) is 12.8 Å². The Kier molecular flexibility index (Phi) is 8.09. The second kappa shape index (κ2) is 11.4. The maximum absolute atomic E-state index is 12.0. The highest BCUT2D eigenvalue weighted by Crippen LogP contribution is 2.38. The third-order valence-corrected chi connectivity index (χ3v) is 6.21. The van der Waals surface area contributed by atoms with Gasteiger partial charge in [-0.25, -0.2) is 9.97 Å². The summed E-state index contributed by atoms with van der Waals surface area (Å²) in [5, 5.41) is 14.0. The topological polar surface area (TPSA) is 117 Å². The summed E-state index contributed by atoms with van der Waals surface area (Å²) in [5.41, 5.74) is 1.72. The Labute approximate surface area is 209 Å². The van der Waals surface area contributed by atoms with Crippen LogP contribution in [0.15, 0.2) is 40.4 Å². The van der Waals surface area contributed by atoms with E-state index in [2.05, 4.69) is 20.8 Å². The van der Waals surface area contributed by atoms with Crippen molar-refractivity contribution in [1.29, 1.82) is 0 Å². The molecule has 2 heterocycles. The van der Waals surface area contributed by atoms with Crippen LogP contribution in [0.25, 0.3) is 0 Å². The first kappa shape index (κ1) is 24.8. The monoisotopic (exact) mass is 497 g/mol. The van der Waals surface area contributed by atoms with E-state index >= 15 is 0 Å². The number of hydrogen-bond donors (Lipinski definition) is 3. The van der Waals surface area contributed by atoms with Gasteiger partial charge < -0.3 is 25.0 Å². The maximum Gasteiger partial charge on any atom is 0.227 e. The van der Waals surface area contributed by atoms with Crippen molar-refractivity contribution < 1.29 is 14.3 Å². The number of aryl methyl sites for hydroxylation is 1. The summed E-state index contributed by atoms with van der Waals surface area (Å²) in [6.07, 6.45) is 1.95. The minimum atomic E-state index is 0.0910. The van der Waals surface area contributed by atoms with Crippen molar-refractivity contribution in [2.24, 2.45) is 5.92 Å². The second-order valence-electron chi connectivity index (χ2n) is 8.31. The molecule has 0 spiro atoms. The molecule has 1 fully saturated rings. The molecule has 1 saturated carbocycles. The number of rotatable bonds is 12. The standard InChI is InChI=1S/C24H31N7O3S/c1-5-34-20-21(26-19-14-15(2)29-30-19)27-24(28-22(20)31(3)12-13-33-4)35-18-10-8-17(9-11-18)25-23(32)16-6-7-16/h8-11,14,16H,5-7,12-13H2,1-4H3,(H,25,32)(H2,26,27,28,29,30). The molecule has 3 aromatic rings. The number of aromatic nitrogens is 4. The Hall–Kier alpha value is -3.31. The number of anilines is 4. The fourth-order valence-corrected chi connectivity index (χ4v) is 4.08. The molecule has 0 radical (unpaired) electrons. The third kappa shape index (κ3) is 6.64. The van der Waals surface area contributed by atoms with Crippen LogP contribution in [0.5, 0.6) is 5.75 Å². The molecule has 35 heavy (non-hydrogen) atoms. The van der Waals surface area contributed by atoms with Gasteiger partial charge in [0.05, 0.1) is 13.2 Å². The van der Waals surface area contributed by atoms with Crippen LogP contribution in [0.2, 0.25) is 0 Å². The average Bonchev–Trinajstić information content (AvgIpc) is 3.62. The van der Waals surface area contributed by atoms with Gasteiger partial charge >= 0.3 is 0 Å². The quantitative estimate of drug-likeness (QED) is 0.316. The highest BCUT2D eigenvalue weighted by molar-refractivity contribution is 7.99. The summed E-state index contributed by atoms with van der Waals surface area (Å²) < 4.78 is 11.2. The molecule has 0 aliphatic heterocycles. The van der Waals surface area contributed by atoms with Crippen molar-refractivity contribution >= 4 is 40.8 Å². The molecule has 11 heteroatoms. The Morgan fingerprint density at radius 1 is 1.26 bits per heavy atom. The number of H-pyrrole nitrogens is 1. The lowest BCUT2D eigenvalue weighted by atomic mass is 10.3. The smallest absolute Gasteiger partial charge is 0.227 e. The molecular formula is C24H31N7O3S. The first-order chi connectivity index (χ1) is 17.0. The predicted molar refractivity (Wildman–Crippen MR) is 137 cm³/mol. The van der Waals surface area contributed by atoms with Gasteiger partial charge in [-0.15, -0.1) is 0 Å². The number of benzene rings is 1. The summed E-state index contributed by atoms with van der Waals surface area (Å²) in [4.78, 5) is 24.5. The van der Waals surface area contributed by atoms with Crippen LogP contribution in [0.3, 0.4) is 0 Å². The van der Waals surface area contributed by atoms with Gasteiger partial charge in [0.1, 0.15) is 0 Å². The van der Waals surface area contributed by atoms with E-state index in [1.54, 1.807) is 7.11 Å². The van der Waals surface area contributed by atoms with Gasteiger partial charge in [-0.05, 0) is 62.7 Å². The number of ether oxygens (including phenoxy) is 2. The molecular weight excluding hydrogens is 466 g/mol. The predicted octanol–water partition coefficient (Wildman–Crippen LogP) is 4.23. The lowest BCUT2D eigenvalue weighted by molar-refractivity contribution is -0.117. The van der Waals surface area contributed by atoms with Gasteiger partial charge in [0.2, 0.25) is 11.7 Å². The second-order valence-corrected chi connectivity index (χ2v) is 9.35. The molecule has 4 rings (SSSR count). The molecule has 1 aliphatic rings. The van der Waals surface area contributed by atoms with Gasteiger partial charge in [0.15, 0.2) is 22.6 Å². The zero-order valence-corrected chi connectivity index (χ0v) is 21.2. The Morgan fingerprint density at radius 2 is 2.03 bits per heavy atom. The molecule has 10 nitrogen and oxygen atoms in total. The van der Waals surface area contributed by atoms with Gasteiger partial charge in [-0.2, -0.15) is 5.10 Å². The number of hydrogen-bond acceptors (Lipinski definition) is 9. The zero-order chi connectivity index (χ0) is 24.8. The minimum absolute atomic E-state index is 0.0910. The molecule has 0 saturated heterocycles. The van der Waals surface area contributed by atoms with Crippen molar-refractivity contribution in [2.45, 2.75) is 36.7 Å². The van der Waals surface area contributed by atoms with Crippen LogP contribution in [0.4, 0.5) is 23.1 Å². The van der Waals surface area contributed by atoms with Crippen molar-refractivity contribution in [3.8, 4) is 5.75 Å². The van der Waals surface area contributed by atoms with E-state index in [0.717, 1.165) is 29.1 Å². The number of amides is 1. The van der Waals surface area contributed by atoms with Gasteiger partial charge in [-0.1, -0.05) is 0 Å². The number of aromatic amines is 1. The number of likely N-dealkylation sites (N-methyl/N-ethyl adjacent to an activating group) is 1. The molecule has 0 unspecified atom stereocenters. The molecule has 0 bridgehead atoms. The summed E-state index contributed by atoms with van der Waals surface area (Å²) >= 11 is 1.43. The SMILES string of the molecule is CCOc1c(Nc2cc(C)[nH]n2)nc(Sc2ccc(NC(=O)C3CC3)cc2)nc1N(C)CCOC. The molecule has 186 valence electrons. The number of methoxy groups -OCH3 is 1. The van der Waals surface area contributed by atoms with Crippen molar-refractivity contribution in [2.75, 3.05) is 49.4 Å². The Morgan fingerprint density at radius 3 is 2.66 bits per heavy atom. The van der Waals surface area contributed by atoms with Crippen LogP contribution >= 0.6 is 11.8 Å². The van der Waals surface area contributed by atoms with Gasteiger partial charge in [0.25, 0.3) is 0 Å². The van der Waals surface area contributed by atoms with Crippen molar-refractivity contribution in [3.05, 3.63) is 36.0 Å². The number of nitrogens with zero attached hydrogens (tertiary/aromatic N) is 4. The fourth-order valence-electron chi connectivity index (χ4n) is 3.32. The van der Waals surface area contributed by atoms with Crippen LogP contribution in [-0.2, 0) is 9.53 Å². The molecule has 0 atom stereocenters. The van der Waals surface area contributed by atoms with E-state index in [9.17, 15) is 4.79 Å². The molecule has 1 amide bonds. The van der Waals surface area contributed by atoms with E-state index in [1.807, 2.05) is 56.1 Å². The van der Waals surface area contributed by atoms with Gasteiger partial charge in [-0.3, -0.25) is 9.89 Å². The highest BCUT2D eigenvalue weighted by Gasteiger charge is 2.29. The molecule has 2 aromatic heterocycles. The lowest BCUT2D eigenvalue weighted by Gasteiger charge is -2.23. The van der Waals surface area contributed by atoms with E-state index in [1.165, 1.54) is 11.8 Å². The van der Waals surface area contributed by atoms with E-state index < -0.39 is 0 Å². The van der Waals surface area contributed by atoms with Crippen LogP contribution < -0.4 is 20.3 Å². The van der Waals surface area contributed by atoms with Crippen LogP contribution in [0.1, 0.15) is 25.5 Å². The number of carbonyl (C=O) groups excluding carboxylic acids is 1. The summed E-state index contributed by atoms with van der Waals surface area (Å²) in [6, 6.07) is 9.59. The largest absolute Gasteiger partial charge is 0.487 e. The van der Waals surface area contributed by atoms with E-state index in [0.29, 0.717) is 48.1 Å². The minimum Gasteiger partial charge on any atom is -0.487 e. The Balaban J connectivity index is 1.61. The van der Waals surface area contributed by atoms with E-state index in [-0.39, 0.29) is 11.8 Å². The first-order valence-electron chi connectivity index (χ1n) is 11.6. The lowest BCUT2D eigenvalue weighted by Crippen LogP contribution is -2.24. The highest BCUT2D eigenvalue weighted by atomic mass is 32.2. The first-order valence-corrected chi connectivity index (χ1v) is 12.4. The van der Waals surface area contributed by atoms with E-state index in [4.69, 9.17) is 19.4 Å². The summed E-state index contributed by atoms with van der Waals surface area (Å²) in [7, 11) is 3.61. The number of carbonyl (C=O) groups is 1.